The molecular formula is C11H23NOW. The minimum atomic E-state index is -0.137. The van der Waals surface area contributed by atoms with Crippen LogP contribution < -0.4 is 0 Å². The summed E-state index contributed by atoms with van der Waals surface area (Å²) in [6.07, 6.45) is 0. The molecule has 0 aliphatic heterocycles. The molecule has 0 aromatic rings. The van der Waals surface area contributed by atoms with Crippen molar-refractivity contribution < 1.29 is 25.9 Å². The molecule has 0 rings (SSSR count). The minimum Gasteiger partial charge on any atom is -0.366 e. The molecule has 84 valence electrons. The third-order valence-corrected chi connectivity index (χ3v) is 1.38. The van der Waals surface area contributed by atoms with E-state index in [0.29, 0.717) is 0 Å². The normalized spacial score (nSPS) is 9.71. The van der Waals surface area contributed by atoms with Crippen LogP contribution in [-0.2, 0) is 25.9 Å². The standard InChI is InChI=1S/C7H14NO.C4H9.W/c1-6(9)8(5)7(2,3)4;1-4(2)3;/h1H2,2-5H3;1-3H3;/q2*-1;+2. The molecule has 14 heavy (non-hydrogen) atoms. The Morgan fingerprint density at radius 2 is 1.43 bits per heavy atom. The van der Waals surface area contributed by atoms with E-state index in [1.54, 1.807) is 11.9 Å². The summed E-state index contributed by atoms with van der Waals surface area (Å²) in [6, 6.07) is 0. The van der Waals surface area contributed by atoms with E-state index in [4.69, 9.17) is 0 Å². The smallest absolute Gasteiger partial charge is 0.366 e. The Morgan fingerprint density at radius 3 is 1.43 bits per heavy atom. The summed E-state index contributed by atoms with van der Waals surface area (Å²) in [5.41, 5.74) is -0.0984. The first-order valence-corrected chi connectivity index (χ1v) is 4.45. The van der Waals surface area contributed by atoms with Crippen molar-refractivity contribution in [3.63, 3.8) is 0 Å². The SMILES string of the molecule is C[C-](C)C.[CH2-]C(=O)N(C)C(C)(C)C.[W+2]. The van der Waals surface area contributed by atoms with E-state index in [1.807, 2.05) is 20.8 Å². The summed E-state index contributed by atoms with van der Waals surface area (Å²) >= 11 is 0. The van der Waals surface area contributed by atoms with Crippen molar-refractivity contribution in [2.75, 3.05) is 7.05 Å². The molecule has 0 aliphatic rings. The van der Waals surface area contributed by atoms with Gasteiger partial charge in [-0.3, -0.25) is 0 Å². The van der Waals surface area contributed by atoms with Gasteiger partial charge < -0.3 is 22.5 Å². The Bertz CT molecular complexity index is 147. The summed E-state index contributed by atoms with van der Waals surface area (Å²) in [6.45, 7) is 15.4. The molecule has 0 bridgehead atoms. The van der Waals surface area contributed by atoms with E-state index in [0.717, 1.165) is 0 Å². The third-order valence-electron chi connectivity index (χ3n) is 1.38. The van der Waals surface area contributed by atoms with Gasteiger partial charge in [0.15, 0.2) is 0 Å². The molecule has 1 amide bonds. The molecule has 0 radical (unpaired) electrons. The Labute approximate surface area is 104 Å². The van der Waals surface area contributed by atoms with Crippen molar-refractivity contribution in [1.29, 1.82) is 0 Å². The molecule has 0 saturated heterocycles. The summed E-state index contributed by atoms with van der Waals surface area (Å²) in [5.74, 6) is 1.28. The monoisotopic (exact) mass is 369 g/mol. The van der Waals surface area contributed by atoms with E-state index in [9.17, 15) is 4.79 Å². The van der Waals surface area contributed by atoms with Crippen LogP contribution in [0.5, 0.6) is 0 Å². The minimum absolute atomic E-state index is 0. The molecule has 0 atom stereocenters. The summed E-state index contributed by atoms with van der Waals surface area (Å²) < 4.78 is 0. The Kier molecular flexibility index (Phi) is 11.7. The van der Waals surface area contributed by atoms with Gasteiger partial charge in [0.25, 0.3) is 0 Å². The van der Waals surface area contributed by atoms with Crippen LogP contribution in [0.25, 0.3) is 0 Å². The van der Waals surface area contributed by atoms with E-state index in [-0.39, 0.29) is 32.5 Å². The molecule has 2 nitrogen and oxygen atoms in total. The molecule has 0 aromatic carbocycles. The first-order chi connectivity index (χ1) is 5.59. The maximum Gasteiger partial charge on any atom is 2.00 e. The first-order valence-electron chi connectivity index (χ1n) is 4.45. The van der Waals surface area contributed by atoms with E-state index in [1.165, 1.54) is 5.92 Å². The van der Waals surface area contributed by atoms with Gasteiger partial charge in [0, 0.05) is 12.6 Å². The zero-order valence-corrected chi connectivity index (χ0v) is 13.4. The van der Waals surface area contributed by atoms with Gasteiger partial charge in [-0.2, -0.15) is 20.8 Å². The Balaban J connectivity index is -0.000000209. The van der Waals surface area contributed by atoms with Gasteiger partial charge in [0.2, 0.25) is 0 Å². The van der Waals surface area contributed by atoms with Crippen molar-refractivity contribution in [2.45, 2.75) is 47.1 Å². The van der Waals surface area contributed by atoms with Gasteiger partial charge in [-0.05, 0) is 20.8 Å². The predicted molar refractivity (Wildman–Crippen MR) is 58.1 cm³/mol. The quantitative estimate of drug-likeness (QED) is 0.602. The molecule has 3 heteroatoms. The number of nitrogens with zero attached hydrogens (tertiary/aromatic N) is 1. The second-order valence-electron chi connectivity index (χ2n) is 4.62. The fraction of sp³-hybridized carbons (Fsp3) is 0.727. The van der Waals surface area contributed by atoms with Gasteiger partial charge in [0.05, 0.1) is 5.91 Å². The van der Waals surface area contributed by atoms with Gasteiger partial charge >= 0.3 is 21.1 Å². The van der Waals surface area contributed by atoms with Gasteiger partial charge in [-0.1, -0.05) is 0 Å². The zero-order chi connectivity index (χ0) is 11.2. The molecule has 0 fully saturated rings. The number of carbonyl (C=O) groups is 1. The number of amides is 1. The zero-order valence-electron chi connectivity index (χ0n) is 10.5. The molecule has 0 N–H and O–H groups in total. The number of rotatable bonds is 0. The second-order valence-corrected chi connectivity index (χ2v) is 4.62. The molecule has 0 saturated carbocycles. The van der Waals surface area contributed by atoms with Crippen LogP contribution in [0.15, 0.2) is 0 Å². The summed E-state index contributed by atoms with van der Waals surface area (Å²) in [7, 11) is 1.75. The Hall–Kier alpha value is 0.0283. The van der Waals surface area contributed by atoms with E-state index in [2.05, 4.69) is 27.7 Å². The predicted octanol–water partition coefficient (Wildman–Crippen LogP) is 2.70. The van der Waals surface area contributed by atoms with Crippen LogP contribution in [0.2, 0.25) is 0 Å². The largest absolute Gasteiger partial charge is 2.00 e. The van der Waals surface area contributed by atoms with Crippen LogP contribution in [0.3, 0.4) is 0 Å². The summed E-state index contributed by atoms with van der Waals surface area (Å²) in [5, 5.41) is 0. The number of carbonyl (C=O) groups excluding carboxylic acids is 1. The second kappa shape index (κ2) is 8.35. The van der Waals surface area contributed by atoms with Crippen LogP contribution >= 0.6 is 0 Å². The molecule has 0 aliphatic carbocycles. The fourth-order valence-electron chi connectivity index (χ4n) is 0.374. The van der Waals surface area contributed by atoms with Crippen molar-refractivity contribution in [3.05, 3.63) is 12.8 Å². The summed E-state index contributed by atoms with van der Waals surface area (Å²) in [4.78, 5) is 12.2. The number of hydrogen-bond donors (Lipinski definition) is 0. The van der Waals surface area contributed by atoms with Crippen molar-refractivity contribution in [2.24, 2.45) is 0 Å². The molecular weight excluding hydrogens is 346 g/mol. The van der Waals surface area contributed by atoms with Crippen molar-refractivity contribution in [1.82, 2.24) is 4.90 Å². The van der Waals surface area contributed by atoms with Gasteiger partial charge in [-0.25, -0.2) is 0 Å². The van der Waals surface area contributed by atoms with E-state index >= 15 is 0 Å². The van der Waals surface area contributed by atoms with Crippen LogP contribution in [0, 0.1) is 12.8 Å². The maximum atomic E-state index is 10.6. The Morgan fingerprint density at radius 1 is 1.21 bits per heavy atom. The average Bonchev–Trinajstić information content (AvgIpc) is 1.82. The fourth-order valence-corrected chi connectivity index (χ4v) is 0.374. The maximum absolute atomic E-state index is 10.6. The van der Waals surface area contributed by atoms with E-state index < -0.39 is 0 Å². The molecule has 0 heterocycles. The third kappa shape index (κ3) is 14.5. The first kappa shape index (κ1) is 19.6. The van der Waals surface area contributed by atoms with Crippen LogP contribution in [-0.4, -0.2) is 23.4 Å². The number of hydrogen-bond acceptors (Lipinski definition) is 1. The molecule has 0 spiro atoms. The topological polar surface area (TPSA) is 20.3 Å². The van der Waals surface area contributed by atoms with Crippen molar-refractivity contribution in [3.8, 4) is 0 Å². The molecule has 0 unspecified atom stereocenters. The van der Waals surface area contributed by atoms with Crippen LogP contribution in [0.4, 0.5) is 0 Å². The molecule has 0 aromatic heterocycles. The van der Waals surface area contributed by atoms with Gasteiger partial charge in [-0.15, -0.1) is 0 Å². The van der Waals surface area contributed by atoms with Crippen LogP contribution in [0.1, 0.15) is 41.5 Å². The van der Waals surface area contributed by atoms with Crippen molar-refractivity contribution >= 4 is 5.91 Å². The van der Waals surface area contributed by atoms with Gasteiger partial charge in [0.1, 0.15) is 0 Å². The average molecular weight is 369 g/mol.